The fraction of sp³-hybridized carbons (Fsp3) is 0.533. The Kier molecular flexibility index (Phi) is 11.3. The first-order valence-corrected chi connectivity index (χ1v) is 7.30. The Bertz CT molecular complexity index is 492. The number of rotatable bonds is 8. The number of aliphatic imine (C=N–C) groups is 1. The monoisotopic (exact) mass is 436 g/mol. The van der Waals surface area contributed by atoms with E-state index in [0.29, 0.717) is 13.2 Å². The minimum Gasteiger partial charge on any atom is -0.385 e. The first-order chi connectivity index (χ1) is 10.5. The minimum atomic E-state index is -0.407. The van der Waals surface area contributed by atoms with E-state index in [0.717, 1.165) is 24.5 Å². The number of halogens is 1. The summed E-state index contributed by atoms with van der Waals surface area (Å²) in [6, 6.07) is 6.70. The lowest BCUT2D eigenvalue weighted by atomic mass is 10.2. The zero-order valence-electron chi connectivity index (χ0n) is 13.7. The van der Waals surface area contributed by atoms with Crippen LogP contribution in [0.1, 0.15) is 25.8 Å². The van der Waals surface area contributed by atoms with Crippen molar-refractivity contribution in [1.29, 1.82) is 0 Å². The van der Waals surface area contributed by atoms with Crippen LogP contribution in [0.25, 0.3) is 0 Å². The molecule has 1 aromatic rings. The molecule has 0 amide bonds. The van der Waals surface area contributed by atoms with Crippen LogP contribution >= 0.6 is 24.0 Å². The van der Waals surface area contributed by atoms with Crippen LogP contribution in [0.4, 0.5) is 5.69 Å². The van der Waals surface area contributed by atoms with E-state index in [9.17, 15) is 10.1 Å². The summed E-state index contributed by atoms with van der Waals surface area (Å²) in [7, 11) is 1.68. The molecule has 0 aliphatic carbocycles. The first kappa shape index (κ1) is 21.6. The smallest absolute Gasteiger partial charge is 0.269 e. The Morgan fingerprint density at radius 2 is 2.00 bits per heavy atom. The van der Waals surface area contributed by atoms with Crippen molar-refractivity contribution in [3.63, 3.8) is 0 Å². The van der Waals surface area contributed by atoms with Gasteiger partial charge in [-0.05, 0) is 25.8 Å². The summed E-state index contributed by atoms with van der Waals surface area (Å²) in [4.78, 5) is 14.7. The fourth-order valence-corrected chi connectivity index (χ4v) is 1.74. The topological polar surface area (TPSA) is 88.8 Å². The van der Waals surface area contributed by atoms with Gasteiger partial charge in [0, 0.05) is 38.4 Å². The predicted octanol–water partition coefficient (Wildman–Crippen LogP) is 2.69. The van der Waals surface area contributed by atoms with E-state index in [2.05, 4.69) is 15.6 Å². The molecule has 0 radical (unpaired) electrons. The lowest BCUT2D eigenvalue weighted by Gasteiger charge is -2.15. The molecule has 0 aromatic heterocycles. The number of hydrogen-bond acceptors (Lipinski definition) is 4. The second kappa shape index (κ2) is 12.1. The highest BCUT2D eigenvalue weighted by atomic mass is 127. The molecule has 0 saturated heterocycles. The maximum Gasteiger partial charge on any atom is 0.269 e. The second-order valence-electron chi connectivity index (χ2n) is 5.16. The summed E-state index contributed by atoms with van der Waals surface area (Å²) in [5, 5.41) is 17.1. The maximum atomic E-state index is 10.6. The Morgan fingerprint density at radius 3 is 2.52 bits per heavy atom. The Morgan fingerprint density at radius 1 is 1.35 bits per heavy atom. The van der Waals surface area contributed by atoms with Gasteiger partial charge in [0.05, 0.1) is 11.5 Å². The molecule has 8 heteroatoms. The highest BCUT2D eigenvalue weighted by Crippen LogP contribution is 2.12. The highest BCUT2D eigenvalue weighted by Gasteiger charge is 2.04. The standard InChI is InChI=1S/C15H24N4O3.HI/c1-12(2)18-15(16-9-4-10-22-3)17-11-13-5-7-14(8-6-13)19(20)21;/h5-8,12H,4,9-11H2,1-3H3,(H2,16,17,18);1H. The number of nitro benzene ring substituents is 1. The van der Waals surface area contributed by atoms with Crippen molar-refractivity contribution in [2.24, 2.45) is 4.99 Å². The van der Waals surface area contributed by atoms with Gasteiger partial charge in [-0.3, -0.25) is 10.1 Å². The summed E-state index contributed by atoms with van der Waals surface area (Å²) in [6.07, 6.45) is 0.896. The number of nitrogens with one attached hydrogen (secondary N) is 2. The molecule has 0 unspecified atom stereocenters. The van der Waals surface area contributed by atoms with Gasteiger partial charge < -0.3 is 15.4 Å². The van der Waals surface area contributed by atoms with Gasteiger partial charge in [-0.15, -0.1) is 24.0 Å². The summed E-state index contributed by atoms with van der Waals surface area (Å²) < 4.78 is 5.01. The minimum absolute atomic E-state index is 0. The zero-order chi connectivity index (χ0) is 16.4. The van der Waals surface area contributed by atoms with Gasteiger partial charge in [0.25, 0.3) is 5.69 Å². The molecule has 0 atom stereocenters. The normalized spacial score (nSPS) is 11.0. The molecule has 0 bridgehead atoms. The third-order valence-corrected chi connectivity index (χ3v) is 2.81. The zero-order valence-corrected chi connectivity index (χ0v) is 16.1. The van der Waals surface area contributed by atoms with Crippen LogP contribution in [0.2, 0.25) is 0 Å². The number of methoxy groups -OCH3 is 1. The predicted molar refractivity (Wildman–Crippen MR) is 102 cm³/mol. The number of non-ortho nitro benzene ring substituents is 1. The average molecular weight is 436 g/mol. The maximum absolute atomic E-state index is 10.6. The van der Waals surface area contributed by atoms with E-state index < -0.39 is 4.92 Å². The second-order valence-corrected chi connectivity index (χ2v) is 5.16. The van der Waals surface area contributed by atoms with E-state index in [1.54, 1.807) is 19.2 Å². The summed E-state index contributed by atoms with van der Waals surface area (Å²) in [5.74, 6) is 0.726. The third kappa shape index (κ3) is 9.34. The van der Waals surface area contributed by atoms with Gasteiger partial charge in [-0.2, -0.15) is 0 Å². The van der Waals surface area contributed by atoms with Crippen LogP contribution in [0.3, 0.4) is 0 Å². The molecule has 0 aliphatic heterocycles. The van der Waals surface area contributed by atoms with Crippen molar-refractivity contribution in [3.8, 4) is 0 Å². The van der Waals surface area contributed by atoms with E-state index in [1.807, 2.05) is 13.8 Å². The molecule has 2 N–H and O–H groups in total. The summed E-state index contributed by atoms with van der Waals surface area (Å²) >= 11 is 0. The first-order valence-electron chi connectivity index (χ1n) is 7.30. The molecule has 7 nitrogen and oxygen atoms in total. The van der Waals surface area contributed by atoms with Crippen LogP contribution in [0, 0.1) is 10.1 Å². The van der Waals surface area contributed by atoms with Crippen LogP contribution in [0.5, 0.6) is 0 Å². The van der Waals surface area contributed by atoms with Crippen molar-refractivity contribution in [2.45, 2.75) is 32.9 Å². The SMILES string of the molecule is COCCCNC(=NCc1ccc([N+](=O)[O-])cc1)NC(C)C.I. The van der Waals surface area contributed by atoms with Crippen molar-refractivity contribution < 1.29 is 9.66 Å². The van der Waals surface area contributed by atoms with Crippen LogP contribution in [-0.2, 0) is 11.3 Å². The molecule has 0 saturated carbocycles. The summed E-state index contributed by atoms with van der Waals surface area (Å²) in [5.41, 5.74) is 1.01. The molecule has 0 aliphatic rings. The summed E-state index contributed by atoms with van der Waals surface area (Å²) in [6.45, 7) is 6.01. The van der Waals surface area contributed by atoms with Gasteiger partial charge in [0.15, 0.2) is 5.96 Å². The van der Waals surface area contributed by atoms with Crippen molar-refractivity contribution in [1.82, 2.24) is 10.6 Å². The molecule has 1 rings (SSSR count). The third-order valence-electron chi connectivity index (χ3n) is 2.81. The molecule has 0 spiro atoms. The van der Waals surface area contributed by atoms with E-state index in [4.69, 9.17) is 4.74 Å². The number of hydrogen-bond donors (Lipinski definition) is 2. The Hall–Kier alpha value is -1.42. The molecule has 130 valence electrons. The van der Waals surface area contributed by atoms with Gasteiger partial charge >= 0.3 is 0 Å². The number of guanidine groups is 1. The van der Waals surface area contributed by atoms with Crippen molar-refractivity contribution in [3.05, 3.63) is 39.9 Å². The largest absolute Gasteiger partial charge is 0.385 e. The average Bonchev–Trinajstić information content (AvgIpc) is 2.48. The van der Waals surface area contributed by atoms with E-state index in [-0.39, 0.29) is 35.7 Å². The molecular formula is C15H25IN4O3. The van der Waals surface area contributed by atoms with E-state index >= 15 is 0 Å². The molecule has 1 aromatic carbocycles. The van der Waals surface area contributed by atoms with Crippen molar-refractivity contribution >= 4 is 35.6 Å². The van der Waals surface area contributed by atoms with Gasteiger partial charge in [-0.1, -0.05) is 12.1 Å². The lowest BCUT2D eigenvalue weighted by Crippen LogP contribution is -2.41. The molecule has 0 heterocycles. The lowest BCUT2D eigenvalue weighted by molar-refractivity contribution is -0.384. The van der Waals surface area contributed by atoms with Crippen LogP contribution in [0.15, 0.2) is 29.3 Å². The Labute approximate surface area is 154 Å². The number of benzene rings is 1. The fourth-order valence-electron chi connectivity index (χ4n) is 1.74. The van der Waals surface area contributed by atoms with Gasteiger partial charge in [0.1, 0.15) is 0 Å². The number of nitrogens with zero attached hydrogens (tertiary/aromatic N) is 2. The molecule has 0 fully saturated rings. The molecule has 23 heavy (non-hydrogen) atoms. The van der Waals surface area contributed by atoms with Gasteiger partial charge in [0.2, 0.25) is 0 Å². The van der Waals surface area contributed by atoms with Crippen LogP contribution in [-0.4, -0.2) is 37.2 Å². The van der Waals surface area contributed by atoms with E-state index in [1.165, 1.54) is 12.1 Å². The van der Waals surface area contributed by atoms with Crippen LogP contribution < -0.4 is 10.6 Å². The quantitative estimate of drug-likeness (QED) is 0.163. The van der Waals surface area contributed by atoms with Gasteiger partial charge in [-0.25, -0.2) is 4.99 Å². The number of nitro groups is 1. The Balaban J connectivity index is 0.00000484. The molecular weight excluding hydrogens is 411 g/mol. The highest BCUT2D eigenvalue weighted by molar-refractivity contribution is 14.0. The number of ether oxygens (including phenoxy) is 1. The van der Waals surface area contributed by atoms with Crippen molar-refractivity contribution in [2.75, 3.05) is 20.3 Å².